The maximum Gasteiger partial charge on any atom is 0.233 e. The van der Waals surface area contributed by atoms with E-state index in [4.69, 9.17) is 4.74 Å². The molecule has 1 aliphatic rings. The lowest BCUT2D eigenvalue weighted by Crippen LogP contribution is -2.36. The van der Waals surface area contributed by atoms with Crippen LogP contribution in [0.4, 0.5) is 0 Å². The highest BCUT2D eigenvalue weighted by atomic mass is 16.5. The molecular formula is C9H18N2O2. The molecule has 0 spiro atoms. The molecule has 0 radical (unpaired) electrons. The van der Waals surface area contributed by atoms with Crippen LogP contribution in [0.2, 0.25) is 0 Å². The predicted molar refractivity (Wildman–Crippen MR) is 50.5 cm³/mol. The summed E-state index contributed by atoms with van der Waals surface area (Å²) in [6.07, 6.45) is 1.34. The summed E-state index contributed by atoms with van der Waals surface area (Å²) in [7, 11) is 1.76. The van der Waals surface area contributed by atoms with Crippen LogP contribution in [0.1, 0.15) is 13.3 Å². The number of hydrogen-bond acceptors (Lipinski definition) is 3. The molecule has 1 aliphatic heterocycles. The Balaban J connectivity index is 2.14. The summed E-state index contributed by atoms with van der Waals surface area (Å²) in [5.41, 5.74) is 0. The van der Waals surface area contributed by atoms with Crippen molar-refractivity contribution in [1.82, 2.24) is 10.6 Å². The van der Waals surface area contributed by atoms with Gasteiger partial charge in [-0.15, -0.1) is 0 Å². The van der Waals surface area contributed by atoms with Gasteiger partial charge >= 0.3 is 0 Å². The van der Waals surface area contributed by atoms with Gasteiger partial charge in [-0.3, -0.25) is 4.79 Å². The Kier molecular flexibility index (Phi) is 4.18. The quantitative estimate of drug-likeness (QED) is 0.636. The molecule has 2 unspecified atom stereocenters. The van der Waals surface area contributed by atoms with Crippen molar-refractivity contribution in [2.75, 3.05) is 26.7 Å². The van der Waals surface area contributed by atoms with E-state index in [0.717, 1.165) is 19.6 Å². The van der Waals surface area contributed by atoms with Crippen molar-refractivity contribution in [2.24, 2.45) is 5.92 Å². The van der Waals surface area contributed by atoms with Gasteiger partial charge in [0.1, 0.15) is 0 Å². The molecule has 1 amide bonds. The van der Waals surface area contributed by atoms with Crippen molar-refractivity contribution in [3.05, 3.63) is 0 Å². The molecule has 1 rings (SSSR count). The molecule has 0 aromatic rings. The summed E-state index contributed by atoms with van der Waals surface area (Å²) < 4.78 is 5.39. The predicted octanol–water partition coefficient (Wildman–Crippen LogP) is -0.253. The van der Waals surface area contributed by atoms with Crippen LogP contribution in [0.25, 0.3) is 0 Å². The molecule has 4 heteroatoms. The van der Waals surface area contributed by atoms with E-state index in [1.807, 2.05) is 0 Å². The number of rotatable bonds is 4. The SMILES string of the molecule is CNCC(=O)NCC1CCOC1C. The summed E-state index contributed by atoms with van der Waals surface area (Å²) in [5.74, 6) is 0.544. The van der Waals surface area contributed by atoms with Gasteiger partial charge in [-0.1, -0.05) is 0 Å². The average molecular weight is 186 g/mol. The van der Waals surface area contributed by atoms with Crippen LogP contribution >= 0.6 is 0 Å². The Morgan fingerprint density at radius 1 is 1.62 bits per heavy atom. The molecule has 4 nitrogen and oxygen atoms in total. The molecule has 76 valence electrons. The first-order valence-electron chi connectivity index (χ1n) is 4.77. The van der Waals surface area contributed by atoms with Crippen LogP contribution in [0.5, 0.6) is 0 Å². The second-order valence-electron chi connectivity index (χ2n) is 3.46. The summed E-state index contributed by atoms with van der Waals surface area (Å²) >= 11 is 0. The lowest BCUT2D eigenvalue weighted by atomic mass is 10.0. The molecule has 1 fully saturated rings. The number of hydrogen-bond donors (Lipinski definition) is 2. The minimum Gasteiger partial charge on any atom is -0.378 e. The molecule has 2 N–H and O–H groups in total. The number of nitrogens with one attached hydrogen (secondary N) is 2. The third kappa shape index (κ3) is 3.32. The number of ether oxygens (including phenoxy) is 1. The molecular weight excluding hydrogens is 168 g/mol. The number of amides is 1. The normalized spacial score (nSPS) is 27.5. The van der Waals surface area contributed by atoms with Gasteiger partial charge in [-0.25, -0.2) is 0 Å². The second kappa shape index (κ2) is 5.19. The fourth-order valence-corrected chi connectivity index (χ4v) is 1.51. The zero-order chi connectivity index (χ0) is 9.68. The van der Waals surface area contributed by atoms with Gasteiger partial charge in [0.2, 0.25) is 5.91 Å². The first-order valence-corrected chi connectivity index (χ1v) is 4.77. The van der Waals surface area contributed by atoms with E-state index in [1.54, 1.807) is 7.05 Å². The smallest absolute Gasteiger partial charge is 0.233 e. The van der Waals surface area contributed by atoms with Gasteiger partial charge in [0.15, 0.2) is 0 Å². The highest BCUT2D eigenvalue weighted by molar-refractivity contribution is 5.77. The van der Waals surface area contributed by atoms with Crippen molar-refractivity contribution < 1.29 is 9.53 Å². The molecule has 2 atom stereocenters. The van der Waals surface area contributed by atoms with E-state index < -0.39 is 0 Å². The molecule has 1 saturated heterocycles. The van der Waals surface area contributed by atoms with E-state index in [2.05, 4.69) is 17.6 Å². The van der Waals surface area contributed by atoms with E-state index in [-0.39, 0.29) is 12.0 Å². The van der Waals surface area contributed by atoms with Gasteiger partial charge in [0.25, 0.3) is 0 Å². The fraction of sp³-hybridized carbons (Fsp3) is 0.889. The van der Waals surface area contributed by atoms with Crippen LogP contribution in [0.15, 0.2) is 0 Å². The zero-order valence-electron chi connectivity index (χ0n) is 8.30. The molecule has 1 heterocycles. The standard InChI is InChI=1S/C9H18N2O2/c1-7-8(3-4-13-7)5-11-9(12)6-10-2/h7-8,10H,3-6H2,1-2H3,(H,11,12). The third-order valence-electron chi connectivity index (χ3n) is 2.43. The number of likely N-dealkylation sites (N-methyl/N-ethyl adjacent to an activating group) is 1. The number of carbonyl (C=O) groups excluding carboxylic acids is 1. The Hall–Kier alpha value is -0.610. The van der Waals surface area contributed by atoms with Crippen LogP contribution in [0, 0.1) is 5.92 Å². The van der Waals surface area contributed by atoms with E-state index in [1.165, 1.54) is 0 Å². The van der Waals surface area contributed by atoms with Crippen LogP contribution in [-0.4, -0.2) is 38.8 Å². The average Bonchev–Trinajstić information content (AvgIpc) is 2.48. The van der Waals surface area contributed by atoms with Gasteiger partial charge in [-0.2, -0.15) is 0 Å². The van der Waals surface area contributed by atoms with Crippen molar-refractivity contribution in [3.63, 3.8) is 0 Å². The lowest BCUT2D eigenvalue weighted by molar-refractivity contribution is -0.120. The molecule has 13 heavy (non-hydrogen) atoms. The Morgan fingerprint density at radius 2 is 2.38 bits per heavy atom. The van der Waals surface area contributed by atoms with Gasteiger partial charge < -0.3 is 15.4 Å². The van der Waals surface area contributed by atoms with Crippen molar-refractivity contribution in [3.8, 4) is 0 Å². The fourth-order valence-electron chi connectivity index (χ4n) is 1.51. The summed E-state index contributed by atoms with van der Waals surface area (Å²) in [4.78, 5) is 11.1. The summed E-state index contributed by atoms with van der Waals surface area (Å²) in [6, 6.07) is 0. The zero-order valence-corrected chi connectivity index (χ0v) is 8.30. The van der Waals surface area contributed by atoms with Gasteiger partial charge in [0, 0.05) is 19.1 Å². The van der Waals surface area contributed by atoms with Crippen LogP contribution in [-0.2, 0) is 9.53 Å². The first-order chi connectivity index (χ1) is 6.24. The first kappa shape index (κ1) is 10.5. The van der Waals surface area contributed by atoms with Gasteiger partial charge in [-0.05, 0) is 20.4 Å². The second-order valence-corrected chi connectivity index (χ2v) is 3.46. The van der Waals surface area contributed by atoms with Crippen molar-refractivity contribution >= 4 is 5.91 Å². The monoisotopic (exact) mass is 186 g/mol. The van der Waals surface area contributed by atoms with Crippen LogP contribution in [0.3, 0.4) is 0 Å². The van der Waals surface area contributed by atoms with Crippen LogP contribution < -0.4 is 10.6 Å². The molecule has 0 saturated carbocycles. The topological polar surface area (TPSA) is 50.4 Å². The van der Waals surface area contributed by atoms with Gasteiger partial charge in [0.05, 0.1) is 12.6 Å². The Bertz CT molecular complexity index is 173. The van der Waals surface area contributed by atoms with Crippen molar-refractivity contribution in [1.29, 1.82) is 0 Å². The Labute approximate surface area is 79.0 Å². The minimum atomic E-state index is 0.0570. The maximum atomic E-state index is 11.1. The van der Waals surface area contributed by atoms with E-state index in [9.17, 15) is 4.79 Å². The third-order valence-corrected chi connectivity index (χ3v) is 2.43. The minimum absolute atomic E-state index is 0.0570. The highest BCUT2D eigenvalue weighted by Gasteiger charge is 2.24. The highest BCUT2D eigenvalue weighted by Crippen LogP contribution is 2.18. The maximum absolute atomic E-state index is 11.1. The molecule has 0 aromatic carbocycles. The molecule has 0 aliphatic carbocycles. The summed E-state index contributed by atoms with van der Waals surface area (Å²) in [5, 5.41) is 5.69. The number of carbonyl (C=O) groups is 1. The lowest BCUT2D eigenvalue weighted by Gasteiger charge is -2.14. The van der Waals surface area contributed by atoms with E-state index in [0.29, 0.717) is 12.5 Å². The largest absolute Gasteiger partial charge is 0.378 e. The summed E-state index contributed by atoms with van der Waals surface area (Å²) in [6.45, 7) is 4.01. The van der Waals surface area contributed by atoms with E-state index >= 15 is 0 Å². The molecule has 0 aromatic heterocycles. The van der Waals surface area contributed by atoms with Crippen molar-refractivity contribution in [2.45, 2.75) is 19.4 Å². The molecule has 0 bridgehead atoms. The Morgan fingerprint density at radius 3 is 2.92 bits per heavy atom.